The molecule has 0 saturated heterocycles. The third kappa shape index (κ3) is 6.64. The van der Waals surface area contributed by atoms with Crippen LogP contribution in [0.5, 0.6) is 0 Å². The highest BCUT2D eigenvalue weighted by atomic mass is 35.5. The number of aliphatic carboxylic acids is 1. The maximum atomic E-state index is 14.3. The number of alkyl halides is 3. The third-order valence-electron chi connectivity index (χ3n) is 4.26. The molecule has 2 heterocycles. The second-order valence-corrected chi connectivity index (χ2v) is 8.00. The summed E-state index contributed by atoms with van der Waals surface area (Å²) in [7, 11) is 0. The zero-order valence-corrected chi connectivity index (χ0v) is 18.8. The van der Waals surface area contributed by atoms with E-state index in [4.69, 9.17) is 16.7 Å². The van der Waals surface area contributed by atoms with Gasteiger partial charge in [-0.25, -0.2) is 14.4 Å². The molecule has 0 aliphatic carbocycles. The number of rotatable bonds is 8. The lowest BCUT2D eigenvalue weighted by molar-refractivity contribution is -0.140. The molecule has 1 aromatic carbocycles. The first-order chi connectivity index (χ1) is 16.5. The molecule has 0 aliphatic heterocycles. The number of hydrogen-bond acceptors (Lipinski definition) is 7. The molecule has 0 spiro atoms. The van der Waals surface area contributed by atoms with E-state index in [1.165, 1.54) is 11.4 Å². The topological polar surface area (TPSA) is 133 Å². The van der Waals surface area contributed by atoms with E-state index in [-0.39, 0.29) is 39.3 Å². The predicted molar refractivity (Wildman–Crippen MR) is 119 cm³/mol. The number of carbonyl (C=O) groups excluding carboxylic acids is 2. The van der Waals surface area contributed by atoms with Crippen LogP contribution < -0.4 is 16.0 Å². The van der Waals surface area contributed by atoms with Crippen molar-refractivity contribution >= 4 is 51.7 Å². The highest BCUT2D eigenvalue weighted by molar-refractivity contribution is 7.14. The Morgan fingerprint density at radius 3 is 2.57 bits per heavy atom. The summed E-state index contributed by atoms with van der Waals surface area (Å²) in [4.78, 5) is 42.4. The average Bonchev–Trinajstić information content (AvgIpc) is 3.24. The molecule has 3 aromatic rings. The van der Waals surface area contributed by atoms with Gasteiger partial charge in [0, 0.05) is 17.1 Å². The molecule has 0 radical (unpaired) electrons. The highest BCUT2D eigenvalue weighted by Gasteiger charge is 2.35. The van der Waals surface area contributed by atoms with E-state index >= 15 is 0 Å². The molecule has 2 amide bonds. The van der Waals surface area contributed by atoms with E-state index in [9.17, 15) is 31.9 Å². The van der Waals surface area contributed by atoms with Crippen LogP contribution in [0.2, 0.25) is 5.02 Å². The summed E-state index contributed by atoms with van der Waals surface area (Å²) in [6, 6.07) is 4.05. The lowest BCUT2D eigenvalue weighted by atomic mass is 10.1. The fourth-order valence-corrected chi connectivity index (χ4v) is 3.60. The van der Waals surface area contributed by atoms with Gasteiger partial charge in [-0.05, 0) is 18.2 Å². The summed E-state index contributed by atoms with van der Waals surface area (Å²) in [5.41, 5.74) is -1.89. The van der Waals surface area contributed by atoms with Crippen molar-refractivity contribution in [1.82, 2.24) is 15.3 Å². The number of carboxylic acids is 1. The lowest BCUT2D eigenvalue weighted by Gasteiger charge is -2.10. The van der Waals surface area contributed by atoms with Crippen LogP contribution in [0.4, 0.5) is 28.5 Å². The number of carbonyl (C=O) groups is 3. The van der Waals surface area contributed by atoms with E-state index < -0.39 is 41.9 Å². The summed E-state index contributed by atoms with van der Waals surface area (Å²) in [6.45, 7) is -0.876. The summed E-state index contributed by atoms with van der Waals surface area (Å²) >= 11 is 6.93. The van der Waals surface area contributed by atoms with Crippen LogP contribution in [-0.4, -0.2) is 45.9 Å². The Bertz CT molecular complexity index is 1280. The number of hydrogen-bond donors (Lipinski definition) is 4. The van der Waals surface area contributed by atoms with Crippen molar-refractivity contribution in [3.63, 3.8) is 0 Å². The van der Waals surface area contributed by atoms with Gasteiger partial charge in [-0.2, -0.15) is 13.2 Å². The second-order valence-electron chi connectivity index (χ2n) is 6.74. The van der Waals surface area contributed by atoms with Gasteiger partial charge < -0.3 is 15.7 Å². The van der Waals surface area contributed by atoms with Gasteiger partial charge in [0.05, 0.1) is 28.4 Å². The number of carboxylic acid groups (broad SMARTS) is 1. The molecule has 0 unspecified atom stereocenters. The van der Waals surface area contributed by atoms with Gasteiger partial charge in [0.1, 0.15) is 18.2 Å². The van der Waals surface area contributed by atoms with Crippen molar-refractivity contribution in [2.24, 2.45) is 0 Å². The van der Waals surface area contributed by atoms with Crippen LogP contribution >= 0.6 is 22.9 Å². The number of pyridine rings is 1. The number of halogens is 5. The average molecular weight is 532 g/mol. The smallest absolute Gasteiger partial charge is 0.419 e. The summed E-state index contributed by atoms with van der Waals surface area (Å²) < 4.78 is 53.2. The first-order valence-electron chi connectivity index (χ1n) is 9.46. The SMILES string of the molecule is O=C(O)CNC(=O)CNc1ncc(C(=O)Nc2nc(-c3cccc(C(F)(F)F)c3F)cs2)cc1Cl. The number of nitrogens with zero attached hydrogens (tertiary/aromatic N) is 2. The number of benzene rings is 1. The molecule has 184 valence electrons. The number of amides is 2. The Balaban J connectivity index is 1.67. The minimum absolute atomic E-state index is 0.00196. The van der Waals surface area contributed by atoms with Crippen molar-refractivity contribution < 1.29 is 37.1 Å². The van der Waals surface area contributed by atoms with E-state index in [1.54, 1.807) is 0 Å². The Labute approximate surface area is 203 Å². The highest BCUT2D eigenvalue weighted by Crippen LogP contribution is 2.36. The van der Waals surface area contributed by atoms with Gasteiger partial charge in [-0.3, -0.25) is 19.7 Å². The van der Waals surface area contributed by atoms with Crippen molar-refractivity contribution in [3.8, 4) is 11.3 Å². The van der Waals surface area contributed by atoms with Crippen molar-refractivity contribution in [2.45, 2.75) is 6.18 Å². The zero-order valence-electron chi connectivity index (χ0n) is 17.2. The molecule has 0 aliphatic rings. The van der Waals surface area contributed by atoms with Crippen LogP contribution in [0.15, 0.2) is 35.8 Å². The molecule has 35 heavy (non-hydrogen) atoms. The zero-order chi connectivity index (χ0) is 25.8. The normalized spacial score (nSPS) is 11.1. The third-order valence-corrected chi connectivity index (χ3v) is 5.31. The van der Waals surface area contributed by atoms with Crippen LogP contribution in [0.1, 0.15) is 15.9 Å². The van der Waals surface area contributed by atoms with Crippen molar-refractivity contribution in [1.29, 1.82) is 0 Å². The molecular formula is C20H14ClF4N5O4S. The summed E-state index contributed by atoms with van der Waals surface area (Å²) in [5, 5.41) is 16.9. The first-order valence-corrected chi connectivity index (χ1v) is 10.7. The molecule has 2 aromatic heterocycles. The summed E-state index contributed by atoms with van der Waals surface area (Å²) in [6.07, 6.45) is -3.73. The Kier molecular flexibility index (Phi) is 7.86. The van der Waals surface area contributed by atoms with Crippen LogP contribution in [0.3, 0.4) is 0 Å². The van der Waals surface area contributed by atoms with Crippen molar-refractivity contribution in [3.05, 3.63) is 57.8 Å². The van der Waals surface area contributed by atoms with Crippen LogP contribution in [0, 0.1) is 5.82 Å². The van der Waals surface area contributed by atoms with Gasteiger partial charge in [-0.15, -0.1) is 11.3 Å². The predicted octanol–water partition coefficient (Wildman–Crippen LogP) is 3.88. The molecule has 0 atom stereocenters. The molecule has 0 saturated carbocycles. The van der Waals surface area contributed by atoms with Crippen LogP contribution in [-0.2, 0) is 15.8 Å². The number of thiazole rings is 1. The fourth-order valence-electron chi connectivity index (χ4n) is 2.67. The molecule has 9 nitrogen and oxygen atoms in total. The van der Waals surface area contributed by atoms with Gasteiger partial charge in [0.15, 0.2) is 5.13 Å². The lowest BCUT2D eigenvalue weighted by Crippen LogP contribution is -2.34. The van der Waals surface area contributed by atoms with E-state index in [0.29, 0.717) is 6.07 Å². The standard InChI is InChI=1S/C20H14ClF4N5O4S/c21-12-4-9(5-27-17(12)28-6-14(31)26-7-15(32)33)18(34)30-19-29-13(8-35-19)10-2-1-3-11(16(10)22)20(23,24)25/h1-5,8H,6-7H2,(H,26,31)(H,27,28)(H,32,33)(H,29,30,34). The first kappa shape index (κ1) is 25.8. The minimum atomic E-state index is -4.87. The quantitative estimate of drug-likeness (QED) is 0.324. The number of anilines is 2. The van der Waals surface area contributed by atoms with E-state index in [2.05, 4.69) is 25.9 Å². The van der Waals surface area contributed by atoms with E-state index in [0.717, 1.165) is 29.7 Å². The second kappa shape index (κ2) is 10.7. The molecule has 4 N–H and O–H groups in total. The number of aromatic nitrogens is 2. The summed E-state index contributed by atoms with van der Waals surface area (Å²) in [5.74, 6) is -3.94. The van der Waals surface area contributed by atoms with Crippen LogP contribution in [0.25, 0.3) is 11.3 Å². The molecule has 0 fully saturated rings. The molecule has 3 rings (SSSR count). The number of nitrogens with one attached hydrogen (secondary N) is 3. The largest absolute Gasteiger partial charge is 0.480 e. The van der Waals surface area contributed by atoms with Crippen molar-refractivity contribution in [2.75, 3.05) is 23.7 Å². The van der Waals surface area contributed by atoms with Gasteiger partial charge in [0.25, 0.3) is 5.91 Å². The molecular weight excluding hydrogens is 518 g/mol. The van der Waals surface area contributed by atoms with Gasteiger partial charge in [0.2, 0.25) is 5.91 Å². The fraction of sp³-hybridized carbons (Fsp3) is 0.150. The molecule has 15 heteroatoms. The molecule has 0 bridgehead atoms. The Morgan fingerprint density at radius 1 is 1.17 bits per heavy atom. The minimum Gasteiger partial charge on any atom is -0.480 e. The van der Waals surface area contributed by atoms with E-state index in [1.807, 2.05) is 0 Å². The Hall–Kier alpha value is -3.78. The monoisotopic (exact) mass is 531 g/mol. The maximum absolute atomic E-state index is 14.3. The maximum Gasteiger partial charge on any atom is 0.419 e. The van der Waals surface area contributed by atoms with Gasteiger partial charge >= 0.3 is 12.1 Å². The van der Waals surface area contributed by atoms with Gasteiger partial charge in [-0.1, -0.05) is 17.7 Å². The Morgan fingerprint density at radius 2 is 1.91 bits per heavy atom.